The van der Waals surface area contributed by atoms with Gasteiger partial charge in [-0.3, -0.25) is 4.79 Å². The summed E-state index contributed by atoms with van der Waals surface area (Å²) < 4.78 is 6.77. The highest BCUT2D eigenvalue weighted by atomic mass is 32.1. The number of nitrogens with one attached hydrogen (secondary N) is 1. The van der Waals surface area contributed by atoms with Crippen LogP contribution in [0.2, 0.25) is 0 Å². The lowest BCUT2D eigenvalue weighted by Gasteiger charge is -2.22. The molecule has 6 rings (SSSR count). The van der Waals surface area contributed by atoms with Gasteiger partial charge in [-0.25, -0.2) is 0 Å². The molecule has 3 N–H and O–H groups in total. The van der Waals surface area contributed by atoms with Gasteiger partial charge in [0.1, 0.15) is 23.9 Å². The molecule has 3 atom stereocenters. The number of ketones is 1. The molecule has 2 bridgehead atoms. The molecule has 36 heavy (non-hydrogen) atoms. The van der Waals surface area contributed by atoms with Crippen molar-refractivity contribution in [2.24, 2.45) is 11.8 Å². The Morgan fingerprint density at radius 3 is 2.44 bits per heavy atom. The molecule has 1 aromatic heterocycles. The second kappa shape index (κ2) is 9.60. The van der Waals surface area contributed by atoms with Crippen LogP contribution in [-0.4, -0.2) is 35.2 Å². The molecular weight excluding hydrogens is 470 g/mol. The van der Waals surface area contributed by atoms with E-state index in [2.05, 4.69) is 5.32 Å². The largest absolute Gasteiger partial charge is 0.508 e. The van der Waals surface area contributed by atoms with E-state index in [-0.39, 0.29) is 17.3 Å². The lowest BCUT2D eigenvalue weighted by atomic mass is 9.95. The average Bonchev–Trinajstić information content (AvgIpc) is 3.61. The fraction of sp³-hybridized carbons (Fsp3) is 0.300. The first kappa shape index (κ1) is 23.1. The van der Waals surface area contributed by atoms with Gasteiger partial charge in [0, 0.05) is 38.7 Å². The molecule has 184 valence electrons. The second-order valence-corrected chi connectivity index (χ2v) is 11.0. The number of thiophene rings is 1. The zero-order valence-electron chi connectivity index (χ0n) is 19.9. The highest BCUT2D eigenvalue weighted by Gasteiger charge is 2.38. The number of phenolic OH excluding ortho intramolecular Hbond substituents is 2. The first-order valence-corrected chi connectivity index (χ1v) is 13.4. The van der Waals surface area contributed by atoms with Crippen LogP contribution in [-0.2, 0) is 0 Å². The van der Waals surface area contributed by atoms with Crippen LogP contribution >= 0.6 is 11.3 Å². The Kier molecular flexibility index (Phi) is 6.15. The number of fused-ring (bicyclic) bond motifs is 3. The fourth-order valence-electron chi connectivity index (χ4n) is 5.88. The molecule has 6 heteroatoms. The number of carbonyl (C=O) groups excluding carboxylic acids is 1. The number of benzene rings is 3. The standard InChI is InChI=1S/C30H29NO4S/c32-22-7-3-20(4-8-22)30-28(25-12-9-23(33)17-27(25)36-30)29(34)19-5-10-24(11-6-19)35-14-13-31-26-16-18-1-2-21(26)15-18/h3-12,17-18,21,26,31-33H,1-2,13-16H2. The average molecular weight is 500 g/mol. The summed E-state index contributed by atoms with van der Waals surface area (Å²) in [5.41, 5.74) is 2.03. The first-order valence-electron chi connectivity index (χ1n) is 12.6. The van der Waals surface area contributed by atoms with E-state index in [9.17, 15) is 15.0 Å². The number of hydrogen-bond donors (Lipinski definition) is 3. The summed E-state index contributed by atoms with van der Waals surface area (Å²) in [6, 6.07) is 19.9. The van der Waals surface area contributed by atoms with Crippen molar-refractivity contribution in [2.75, 3.05) is 13.2 Å². The minimum Gasteiger partial charge on any atom is -0.508 e. The Hall–Kier alpha value is -3.35. The van der Waals surface area contributed by atoms with Crippen LogP contribution in [0.5, 0.6) is 17.2 Å². The molecule has 3 aromatic carbocycles. The van der Waals surface area contributed by atoms with Crippen LogP contribution < -0.4 is 10.1 Å². The smallest absolute Gasteiger partial charge is 0.195 e. The van der Waals surface area contributed by atoms with Gasteiger partial charge in [-0.05, 0) is 103 Å². The predicted octanol–water partition coefficient (Wildman–Crippen LogP) is 6.37. The Labute approximate surface area is 214 Å². The van der Waals surface area contributed by atoms with E-state index in [1.165, 1.54) is 37.0 Å². The van der Waals surface area contributed by atoms with Crippen molar-refractivity contribution in [1.29, 1.82) is 0 Å². The number of hydrogen-bond acceptors (Lipinski definition) is 6. The number of aromatic hydroxyl groups is 2. The molecule has 5 nitrogen and oxygen atoms in total. The summed E-state index contributed by atoms with van der Waals surface area (Å²) in [6.07, 6.45) is 5.48. The van der Waals surface area contributed by atoms with Crippen molar-refractivity contribution in [3.63, 3.8) is 0 Å². The van der Waals surface area contributed by atoms with Crippen LogP contribution in [0.15, 0.2) is 66.7 Å². The van der Waals surface area contributed by atoms with Crippen LogP contribution in [0.3, 0.4) is 0 Å². The molecule has 1 heterocycles. The zero-order valence-corrected chi connectivity index (χ0v) is 20.8. The van der Waals surface area contributed by atoms with Crippen molar-refractivity contribution >= 4 is 27.2 Å². The van der Waals surface area contributed by atoms with E-state index in [0.717, 1.165) is 44.7 Å². The zero-order chi connectivity index (χ0) is 24.6. The molecule has 0 radical (unpaired) electrons. The highest BCUT2D eigenvalue weighted by molar-refractivity contribution is 7.22. The van der Waals surface area contributed by atoms with Crippen molar-refractivity contribution in [3.05, 3.63) is 77.9 Å². The third kappa shape index (κ3) is 4.47. The maximum absolute atomic E-state index is 13.7. The van der Waals surface area contributed by atoms with E-state index in [1.807, 2.05) is 24.3 Å². The molecule has 2 saturated carbocycles. The van der Waals surface area contributed by atoms with Crippen molar-refractivity contribution in [1.82, 2.24) is 5.32 Å². The third-order valence-electron chi connectivity index (χ3n) is 7.66. The Morgan fingerprint density at radius 2 is 1.72 bits per heavy atom. The minimum atomic E-state index is -0.0838. The Balaban J connectivity index is 1.18. The van der Waals surface area contributed by atoms with E-state index >= 15 is 0 Å². The number of phenols is 2. The van der Waals surface area contributed by atoms with Crippen molar-refractivity contribution in [3.8, 4) is 27.7 Å². The Morgan fingerprint density at radius 1 is 0.944 bits per heavy atom. The van der Waals surface area contributed by atoms with Gasteiger partial charge in [0.05, 0.1) is 0 Å². The van der Waals surface area contributed by atoms with Crippen LogP contribution in [0.1, 0.15) is 41.6 Å². The molecule has 2 fully saturated rings. The monoisotopic (exact) mass is 499 g/mol. The first-order chi connectivity index (χ1) is 17.5. The van der Waals surface area contributed by atoms with Crippen molar-refractivity contribution in [2.45, 2.75) is 31.7 Å². The summed E-state index contributed by atoms with van der Waals surface area (Å²) >= 11 is 1.46. The van der Waals surface area contributed by atoms with Gasteiger partial charge in [-0.1, -0.05) is 6.42 Å². The minimum absolute atomic E-state index is 0.0838. The Bertz CT molecular complexity index is 1390. The molecule has 2 aliphatic carbocycles. The summed E-state index contributed by atoms with van der Waals surface area (Å²) in [5, 5.41) is 24.1. The molecule has 4 aromatic rings. The molecule has 0 amide bonds. The van der Waals surface area contributed by atoms with E-state index in [4.69, 9.17) is 4.74 Å². The quantitative estimate of drug-likeness (QED) is 0.194. The predicted molar refractivity (Wildman–Crippen MR) is 143 cm³/mol. The van der Waals surface area contributed by atoms with Gasteiger partial charge in [-0.2, -0.15) is 0 Å². The number of rotatable bonds is 8. The topological polar surface area (TPSA) is 78.8 Å². The van der Waals surface area contributed by atoms with Gasteiger partial charge in [0.25, 0.3) is 0 Å². The number of ether oxygens (including phenoxy) is 1. The maximum atomic E-state index is 13.7. The van der Waals surface area contributed by atoms with E-state index in [1.54, 1.807) is 42.5 Å². The second-order valence-electron chi connectivity index (χ2n) is 9.97. The molecule has 0 spiro atoms. The lowest BCUT2D eigenvalue weighted by molar-refractivity contribution is 0.104. The van der Waals surface area contributed by atoms with Gasteiger partial charge in [0.15, 0.2) is 5.78 Å². The third-order valence-corrected chi connectivity index (χ3v) is 8.86. The van der Waals surface area contributed by atoms with Crippen LogP contribution in [0, 0.1) is 11.8 Å². The fourth-order valence-corrected chi connectivity index (χ4v) is 7.12. The van der Waals surface area contributed by atoms with Crippen LogP contribution in [0.25, 0.3) is 20.5 Å². The normalized spacial score (nSPS) is 20.7. The molecule has 3 unspecified atom stereocenters. The summed E-state index contributed by atoms with van der Waals surface area (Å²) in [4.78, 5) is 14.5. The SMILES string of the molecule is O=C(c1ccc(OCCNC2CC3CCC2C3)cc1)c1c(-c2ccc(O)cc2)sc2cc(O)ccc12. The summed E-state index contributed by atoms with van der Waals surface area (Å²) in [5.74, 6) is 2.78. The molecule has 0 aliphatic heterocycles. The number of carbonyl (C=O) groups is 1. The van der Waals surface area contributed by atoms with Crippen molar-refractivity contribution < 1.29 is 19.7 Å². The lowest BCUT2D eigenvalue weighted by Crippen LogP contribution is -2.36. The summed E-state index contributed by atoms with van der Waals surface area (Å²) in [6.45, 7) is 1.43. The van der Waals surface area contributed by atoms with Crippen LogP contribution in [0.4, 0.5) is 0 Å². The molecular formula is C30H29NO4S. The van der Waals surface area contributed by atoms with Gasteiger partial charge >= 0.3 is 0 Å². The maximum Gasteiger partial charge on any atom is 0.195 e. The van der Waals surface area contributed by atoms with Gasteiger partial charge < -0.3 is 20.3 Å². The molecule has 0 saturated heterocycles. The van der Waals surface area contributed by atoms with Gasteiger partial charge in [-0.15, -0.1) is 11.3 Å². The highest BCUT2D eigenvalue weighted by Crippen LogP contribution is 2.44. The van der Waals surface area contributed by atoms with E-state index < -0.39 is 0 Å². The van der Waals surface area contributed by atoms with Gasteiger partial charge in [0.2, 0.25) is 0 Å². The molecule has 2 aliphatic rings. The van der Waals surface area contributed by atoms with E-state index in [0.29, 0.717) is 23.8 Å². The summed E-state index contributed by atoms with van der Waals surface area (Å²) in [7, 11) is 0.